The van der Waals surface area contributed by atoms with Gasteiger partial charge in [-0.2, -0.15) is 0 Å². The van der Waals surface area contributed by atoms with Crippen molar-refractivity contribution < 1.29 is 0 Å². The van der Waals surface area contributed by atoms with Crippen LogP contribution in [0.5, 0.6) is 0 Å². The molecule has 0 aliphatic rings. The van der Waals surface area contributed by atoms with Gasteiger partial charge in [0.05, 0.1) is 6.54 Å². The van der Waals surface area contributed by atoms with E-state index < -0.39 is 0 Å². The Bertz CT molecular complexity index is 662. The summed E-state index contributed by atoms with van der Waals surface area (Å²) in [5.41, 5.74) is 3.77. The summed E-state index contributed by atoms with van der Waals surface area (Å²) in [7, 11) is 0. The third-order valence-corrected chi connectivity index (χ3v) is 4.44. The lowest BCUT2D eigenvalue weighted by Crippen LogP contribution is -2.38. The number of thioether (sulfide) groups is 1. The average Bonchev–Trinajstić information content (AvgIpc) is 2.61. The Kier molecular flexibility index (Phi) is 10.6. The SMILES string of the molecule is CCNC(=NCc1ccc(C)cc1SC)NCCc1cccnc1.I. The summed E-state index contributed by atoms with van der Waals surface area (Å²) >= 11 is 1.77. The summed E-state index contributed by atoms with van der Waals surface area (Å²) in [6.45, 7) is 6.57. The number of aromatic nitrogens is 1. The zero-order valence-electron chi connectivity index (χ0n) is 15.1. The smallest absolute Gasteiger partial charge is 0.191 e. The maximum atomic E-state index is 4.72. The van der Waals surface area contributed by atoms with Crippen molar-refractivity contribution in [2.45, 2.75) is 31.7 Å². The lowest BCUT2D eigenvalue weighted by atomic mass is 10.1. The van der Waals surface area contributed by atoms with E-state index in [-0.39, 0.29) is 24.0 Å². The highest BCUT2D eigenvalue weighted by atomic mass is 127. The molecule has 2 aromatic rings. The molecule has 0 saturated heterocycles. The Labute approximate surface area is 172 Å². The number of hydrogen-bond acceptors (Lipinski definition) is 3. The van der Waals surface area contributed by atoms with Crippen LogP contribution in [0.3, 0.4) is 0 Å². The third kappa shape index (κ3) is 7.64. The van der Waals surface area contributed by atoms with Crippen molar-refractivity contribution in [2.24, 2.45) is 4.99 Å². The largest absolute Gasteiger partial charge is 0.357 e. The van der Waals surface area contributed by atoms with Gasteiger partial charge in [0, 0.05) is 30.4 Å². The fraction of sp³-hybridized carbons (Fsp3) is 0.368. The van der Waals surface area contributed by atoms with Crippen LogP contribution in [0, 0.1) is 6.92 Å². The van der Waals surface area contributed by atoms with Crippen molar-refractivity contribution >= 4 is 41.7 Å². The summed E-state index contributed by atoms with van der Waals surface area (Å²) in [6.07, 6.45) is 6.74. The highest BCUT2D eigenvalue weighted by Crippen LogP contribution is 2.22. The van der Waals surface area contributed by atoms with Gasteiger partial charge >= 0.3 is 0 Å². The van der Waals surface area contributed by atoms with Gasteiger partial charge in [-0.15, -0.1) is 35.7 Å². The molecule has 0 saturated carbocycles. The van der Waals surface area contributed by atoms with Crippen LogP contribution in [-0.2, 0) is 13.0 Å². The molecule has 0 unspecified atom stereocenters. The van der Waals surface area contributed by atoms with Crippen molar-refractivity contribution in [3.63, 3.8) is 0 Å². The molecular formula is C19H27IN4S. The molecule has 2 rings (SSSR count). The Morgan fingerprint density at radius 1 is 1.24 bits per heavy atom. The first-order valence-electron chi connectivity index (χ1n) is 8.27. The van der Waals surface area contributed by atoms with Gasteiger partial charge in [-0.3, -0.25) is 4.98 Å². The van der Waals surface area contributed by atoms with E-state index in [0.717, 1.165) is 25.5 Å². The minimum Gasteiger partial charge on any atom is -0.357 e. The molecule has 0 fully saturated rings. The molecule has 4 nitrogen and oxygen atoms in total. The number of nitrogens with one attached hydrogen (secondary N) is 2. The number of benzene rings is 1. The van der Waals surface area contributed by atoms with E-state index in [9.17, 15) is 0 Å². The lowest BCUT2D eigenvalue weighted by molar-refractivity contribution is 0.796. The molecule has 0 radical (unpaired) electrons. The molecule has 0 aliphatic carbocycles. The minimum absolute atomic E-state index is 0. The number of aryl methyl sites for hydroxylation is 1. The van der Waals surface area contributed by atoms with E-state index in [4.69, 9.17) is 4.99 Å². The summed E-state index contributed by atoms with van der Waals surface area (Å²) < 4.78 is 0. The van der Waals surface area contributed by atoms with Crippen LogP contribution in [0.1, 0.15) is 23.6 Å². The van der Waals surface area contributed by atoms with E-state index >= 15 is 0 Å². The highest BCUT2D eigenvalue weighted by Gasteiger charge is 2.03. The molecule has 136 valence electrons. The number of guanidine groups is 1. The van der Waals surface area contributed by atoms with Crippen molar-refractivity contribution in [3.05, 3.63) is 59.4 Å². The normalized spacial score (nSPS) is 10.9. The summed E-state index contributed by atoms with van der Waals surface area (Å²) in [4.78, 5) is 10.2. The molecule has 0 spiro atoms. The number of pyridine rings is 1. The zero-order valence-corrected chi connectivity index (χ0v) is 18.2. The molecular weight excluding hydrogens is 443 g/mol. The first kappa shape index (κ1) is 21.8. The monoisotopic (exact) mass is 470 g/mol. The van der Waals surface area contributed by atoms with Crippen LogP contribution < -0.4 is 10.6 Å². The molecule has 0 atom stereocenters. The van der Waals surface area contributed by atoms with Crippen LogP contribution in [0.15, 0.2) is 52.6 Å². The van der Waals surface area contributed by atoms with Crippen LogP contribution in [0.25, 0.3) is 0 Å². The van der Waals surface area contributed by atoms with E-state index in [1.54, 1.807) is 18.0 Å². The number of aliphatic imine (C=N–C) groups is 1. The van der Waals surface area contributed by atoms with E-state index in [1.165, 1.54) is 21.6 Å². The van der Waals surface area contributed by atoms with Crippen LogP contribution in [-0.4, -0.2) is 30.3 Å². The Balaban J connectivity index is 0.00000312. The van der Waals surface area contributed by atoms with Gasteiger partial charge in [0.15, 0.2) is 5.96 Å². The van der Waals surface area contributed by atoms with E-state index in [0.29, 0.717) is 6.54 Å². The molecule has 1 heterocycles. The Morgan fingerprint density at radius 3 is 2.76 bits per heavy atom. The summed E-state index contributed by atoms with van der Waals surface area (Å²) in [5, 5.41) is 6.70. The quantitative estimate of drug-likeness (QED) is 0.278. The summed E-state index contributed by atoms with van der Waals surface area (Å²) in [6, 6.07) is 10.6. The zero-order chi connectivity index (χ0) is 17.2. The van der Waals surface area contributed by atoms with Gasteiger partial charge in [0.2, 0.25) is 0 Å². The fourth-order valence-corrected chi connectivity index (χ4v) is 3.06. The first-order chi connectivity index (χ1) is 11.7. The van der Waals surface area contributed by atoms with Crippen LogP contribution >= 0.6 is 35.7 Å². The molecule has 6 heteroatoms. The summed E-state index contributed by atoms with van der Waals surface area (Å²) in [5.74, 6) is 0.856. The molecule has 0 aliphatic heterocycles. The number of hydrogen-bond donors (Lipinski definition) is 2. The first-order valence-corrected chi connectivity index (χ1v) is 9.50. The van der Waals surface area contributed by atoms with E-state index in [2.05, 4.69) is 60.0 Å². The third-order valence-electron chi connectivity index (χ3n) is 3.62. The fourth-order valence-electron chi connectivity index (χ4n) is 2.36. The highest BCUT2D eigenvalue weighted by molar-refractivity contribution is 14.0. The van der Waals surface area contributed by atoms with Crippen LogP contribution in [0.2, 0.25) is 0 Å². The molecule has 0 bridgehead atoms. The molecule has 1 aromatic carbocycles. The predicted molar refractivity (Wildman–Crippen MR) is 119 cm³/mol. The second kappa shape index (κ2) is 12.1. The van der Waals surface area contributed by atoms with Gasteiger partial charge < -0.3 is 10.6 Å². The van der Waals surface area contributed by atoms with Gasteiger partial charge in [-0.1, -0.05) is 18.2 Å². The van der Waals surface area contributed by atoms with Gasteiger partial charge in [0.25, 0.3) is 0 Å². The molecule has 1 aromatic heterocycles. The van der Waals surface area contributed by atoms with Gasteiger partial charge in [-0.05, 0) is 55.3 Å². The van der Waals surface area contributed by atoms with Crippen molar-refractivity contribution in [2.75, 3.05) is 19.3 Å². The average molecular weight is 470 g/mol. The van der Waals surface area contributed by atoms with Crippen molar-refractivity contribution in [1.82, 2.24) is 15.6 Å². The number of rotatable bonds is 7. The maximum absolute atomic E-state index is 4.72. The van der Waals surface area contributed by atoms with Gasteiger partial charge in [-0.25, -0.2) is 4.99 Å². The Hall–Kier alpha value is -1.28. The Morgan fingerprint density at radius 2 is 2.08 bits per heavy atom. The van der Waals surface area contributed by atoms with Crippen molar-refractivity contribution in [1.29, 1.82) is 0 Å². The molecule has 25 heavy (non-hydrogen) atoms. The minimum atomic E-state index is 0. The number of halogens is 1. The molecule has 0 amide bonds. The maximum Gasteiger partial charge on any atom is 0.191 e. The van der Waals surface area contributed by atoms with E-state index in [1.807, 2.05) is 12.3 Å². The lowest BCUT2D eigenvalue weighted by Gasteiger charge is -2.12. The van der Waals surface area contributed by atoms with Gasteiger partial charge in [0.1, 0.15) is 0 Å². The molecule has 2 N–H and O–H groups in total. The second-order valence-electron chi connectivity index (χ2n) is 5.55. The standard InChI is InChI=1S/C19H26N4S.HI/c1-4-21-19(22-11-9-16-6-5-10-20-13-16)23-14-17-8-7-15(2)12-18(17)24-3;/h5-8,10,12-13H,4,9,11,14H2,1-3H3,(H2,21,22,23);1H. The second-order valence-corrected chi connectivity index (χ2v) is 6.40. The predicted octanol–water partition coefficient (Wildman–Crippen LogP) is 4.03. The number of nitrogens with zero attached hydrogens (tertiary/aromatic N) is 2. The van der Waals surface area contributed by atoms with Crippen LogP contribution in [0.4, 0.5) is 0 Å². The topological polar surface area (TPSA) is 49.3 Å². The van der Waals surface area contributed by atoms with Crippen molar-refractivity contribution in [3.8, 4) is 0 Å².